The van der Waals surface area contributed by atoms with Crippen molar-refractivity contribution in [1.82, 2.24) is 5.16 Å². The molecule has 0 N–H and O–H groups in total. The molecule has 0 aliphatic heterocycles. The number of hydrogen-bond donors (Lipinski definition) is 0. The van der Waals surface area contributed by atoms with Gasteiger partial charge in [0.25, 0.3) is 0 Å². The third-order valence-electron chi connectivity index (χ3n) is 1.66. The van der Waals surface area contributed by atoms with Crippen LogP contribution in [0, 0.1) is 0 Å². The molecule has 14 heavy (non-hydrogen) atoms. The zero-order valence-electron chi connectivity index (χ0n) is 8.79. The van der Waals surface area contributed by atoms with Gasteiger partial charge in [-0.3, -0.25) is 0 Å². The van der Waals surface area contributed by atoms with E-state index in [0.29, 0.717) is 0 Å². The molecule has 0 bridgehead atoms. The molecule has 0 spiro atoms. The quantitative estimate of drug-likeness (QED) is 0.671. The average Bonchev–Trinajstić information content (AvgIpc) is 2.52. The van der Waals surface area contributed by atoms with Crippen LogP contribution in [0.1, 0.15) is 13.8 Å². The predicted octanol–water partition coefficient (Wildman–Crippen LogP) is 2.63. The first kappa shape index (κ1) is 10.6. The van der Waals surface area contributed by atoms with E-state index in [1.54, 1.807) is 6.20 Å². The molecule has 1 rings (SSSR count). The molecular weight excluding hydrogens is 176 g/mol. The fraction of sp³-hybridized carbons (Fsp3) is 0.364. The van der Waals surface area contributed by atoms with E-state index in [2.05, 4.69) is 23.2 Å². The summed E-state index contributed by atoms with van der Waals surface area (Å²) in [6.45, 7) is 13.3. The molecule has 0 unspecified atom stereocenters. The topological polar surface area (TPSA) is 29.3 Å². The monoisotopic (exact) mass is 192 g/mol. The molecule has 1 heterocycles. The smallest absolute Gasteiger partial charge is 0.227 e. The van der Waals surface area contributed by atoms with Gasteiger partial charge in [-0.25, -0.2) is 0 Å². The van der Waals surface area contributed by atoms with Gasteiger partial charge in [0, 0.05) is 19.2 Å². The summed E-state index contributed by atoms with van der Waals surface area (Å²) in [7, 11) is 0. The van der Waals surface area contributed by atoms with Crippen LogP contribution in [0.5, 0.6) is 0 Å². The molecule has 0 atom stereocenters. The highest BCUT2D eigenvalue weighted by molar-refractivity contribution is 5.37. The van der Waals surface area contributed by atoms with Gasteiger partial charge in [0.1, 0.15) is 0 Å². The van der Waals surface area contributed by atoms with Crippen molar-refractivity contribution in [3.05, 3.63) is 36.6 Å². The second-order valence-corrected chi connectivity index (χ2v) is 3.62. The van der Waals surface area contributed by atoms with Gasteiger partial charge in [-0.1, -0.05) is 29.5 Å². The highest BCUT2D eigenvalue weighted by Gasteiger charge is 2.09. The van der Waals surface area contributed by atoms with E-state index in [1.165, 1.54) is 0 Å². The molecule has 0 aliphatic rings. The Kier molecular flexibility index (Phi) is 3.51. The van der Waals surface area contributed by atoms with Gasteiger partial charge in [0.15, 0.2) is 0 Å². The molecule has 3 heteroatoms. The van der Waals surface area contributed by atoms with Crippen LogP contribution in [-0.2, 0) is 0 Å². The zero-order chi connectivity index (χ0) is 10.6. The molecule has 76 valence electrons. The lowest BCUT2D eigenvalue weighted by molar-refractivity contribution is 0.419. The van der Waals surface area contributed by atoms with Gasteiger partial charge in [-0.15, -0.1) is 0 Å². The largest absolute Gasteiger partial charge is 0.339 e. The lowest BCUT2D eigenvalue weighted by atomic mass is 10.2. The van der Waals surface area contributed by atoms with Crippen LogP contribution >= 0.6 is 0 Å². The van der Waals surface area contributed by atoms with Crippen molar-refractivity contribution in [2.45, 2.75) is 13.8 Å². The summed E-state index contributed by atoms with van der Waals surface area (Å²) in [5.74, 6) is 0.760. The Morgan fingerprint density at radius 1 is 1.36 bits per heavy atom. The first-order valence-electron chi connectivity index (χ1n) is 4.54. The lowest BCUT2D eigenvalue weighted by Gasteiger charge is -2.21. The first-order chi connectivity index (χ1) is 6.59. The van der Waals surface area contributed by atoms with Crippen LogP contribution in [0.3, 0.4) is 0 Å². The van der Waals surface area contributed by atoms with E-state index in [9.17, 15) is 0 Å². The molecular formula is C11H16N2O. The fourth-order valence-corrected chi connectivity index (χ4v) is 1.24. The molecule has 1 aromatic rings. The summed E-state index contributed by atoms with van der Waals surface area (Å²) in [5.41, 5.74) is 2.17. The molecule has 0 amide bonds. The third kappa shape index (κ3) is 3.09. The first-order valence-corrected chi connectivity index (χ1v) is 4.54. The molecule has 0 saturated heterocycles. The van der Waals surface area contributed by atoms with Crippen molar-refractivity contribution in [2.24, 2.45) is 0 Å². The molecule has 0 aromatic carbocycles. The minimum absolute atomic E-state index is 0.760. The Hall–Kier alpha value is -1.51. The van der Waals surface area contributed by atoms with Crippen LogP contribution in [-0.4, -0.2) is 18.2 Å². The molecule has 3 nitrogen and oxygen atoms in total. The average molecular weight is 192 g/mol. The summed E-state index contributed by atoms with van der Waals surface area (Å²) < 4.78 is 5.09. The molecule has 0 radical (unpaired) electrons. The SMILES string of the molecule is C=C(C)CN(CC(=C)C)c1ccno1. The summed E-state index contributed by atoms with van der Waals surface area (Å²) in [5, 5.41) is 3.68. The number of aromatic nitrogens is 1. The Morgan fingerprint density at radius 3 is 2.29 bits per heavy atom. The van der Waals surface area contributed by atoms with Gasteiger partial charge in [-0.2, -0.15) is 0 Å². The minimum Gasteiger partial charge on any atom is -0.339 e. The highest BCUT2D eigenvalue weighted by Crippen LogP contribution is 2.14. The van der Waals surface area contributed by atoms with Crippen molar-refractivity contribution in [1.29, 1.82) is 0 Å². The molecule has 0 saturated carbocycles. The van der Waals surface area contributed by atoms with Gasteiger partial charge >= 0.3 is 0 Å². The molecule has 0 aliphatic carbocycles. The summed E-state index contributed by atoms with van der Waals surface area (Å²) in [4.78, 5) is 2.05. The Morgan fingerprint density at radius 2 is 1.93 bits per heavy atom. The van der Waals surface area contributed by atoms with Gasteiger partial charge in [0.05, 0.1) is 6.20 Å². The van der Waals surface area contributed by atoms with E-state index in [4.69, 9.17) is 4.52 Å². The van der Waals surface area contributed by atoms with Crippen LogP contribution in [0.25, 0.3) is 0 Å². The van der Waals surface area contributed by atoms with Crippen molar-refractivity contribution in [3.8, 4) is 0 Å². The fourth-order valence-electron chi connectivity index (χ4n) is 1.24. The Balaban J connectivity index is 2.71. The van der Waals surface area contributed by atoms with E-state index in [-0.39, 0.29) is 0 Å². The van der Waals surface area contributed by atoms with Crippen molar-refractivity contribution < 1.29 is 4.52 Å². The maximum absolute atomic E-state index is 5.09. The summed E-state index contributed by atoms with van der Waals surface area (Å²) in [6.07, 6.45) is 1.64. The lowest BCUT2D eigenvalue weighted by Crippen LogP contribution is -2.26. The maximum atomic E-state index is 5.09. The van der Waals surface area contributed by atoms with Crippen molar-refractivity contribution in [3.63, 3.8) is 0 Å². The number of hydrogen-bond acceptors (Lipinski definition) is 3. The van der Waals surface area contributed by atoms with E-state index in [0.717, 1.165) is 30.1 Å². The minimum atomic E-state index is 0.760. The van der Waals surface area contributed by atoms with Crippen LogP contribution < -0.4 is 4.90 Å². The van der Waals surface area contributed by atoms with E-state index >= 15 is 0 Å². The normalized spacial score (nSPS) is 9.86. The maximum Gasteiger partial charge on any atom is 0.227 e. The number of rotatable bonds is 5. The van der Waals surface area contributed by atoms with Crippen LogP contribution in [0.2, 0.25) is 0 Å². The van der Waals surface area contributed by atoms with Crippen LogP contribution in [0.15, 0.2) is 41.1 Å². The van der Waals surface area contributed by atoms with Gasteiger partial charge in [-0.05, 0) is 13.8 Å². The van der Waals surface area contributed by atoms with Gasteiger partial charge in [0.2, 0.25) is 5.88 Å². The Bertz CT molecular complexity index is 298. The number of nitrogens with zero attached hydrogens (tertiary/aromatic N) is 2. The zero-order valence-corrected chi connectivity index (χ0v) is 8.79. The standard InChI is InChI=1S/C11H16N2O/c1-9(2)7-13(8-10(3)4)11-5-6-12-14-11/h5-6H,1,3,7-8H2,2,4H3. The third-order valence-corrected chi connectivity index (χ3v) is 1.66. The van der Waals surface area contributed by atoms with Crippen molar-refractivity contribution >= 4 is 5.88 Å². The van der Waals surface area contributed by atoms with E-state index in [1.807, 2.05) is 19.9 Å². The summed E-state index contributed by atoms with van der Waals surface area (Å²) in [6, 6.07) is 1.84. The Labute approximate surface area is 84.7 Å². The highest BCUT2D eigenvalue weighted by atomic mass is 16.5. The summed E-state index contributed by atoms with van der Waals surface area (Å²) >= 11 is 0. The number of anilines is 1. The second kappa shape index (κ2) is 4.65. The van der Waals surface area contributed by atoms with Gasteiger partial charge < -0.3 is 9.42 Å². The molecule has 1 aromatic heterocycles. The van der Waals surface area contributed by atoms with Crippen molar-refractivity contribution in [2.75, 3.05) is 18.0 Å². The second-order valence-electron chi connectivity index (χ2n) is 3.62. The molecule has 0 fully saturated rings. The van der Waals surface area contributed by atoms with E-state index < -0.39 is 0 Å². The predicted molar refractivity (Wildman–Crippen MR) is 58.3 cm³/mol. The van der Waals surface area contributed by atoms with Crippen LogP contribution in [0.4, 0.5) is 5.88 Å².